The van der Waals surface area contributed by atoms with Gasteiger partial charge in [-0.2, -0.15) is 0 Å². The molecule has 9 heteroatoms. The number of hydrogen-bond acceptors (Lipinski definition) is 5. The third-order valence-corrected chi connectivity index (χ3v) is 4.49. The molecule has 9 nitrogen and oxygen atoms in total. The van der Waals surface area contributed by atoms with E-state index in [-0.39, 0.29) is 18.1 Å². The van der Waals surface area contributed by atoms with Crippen molar-refractivity contribution < 1.29 is 24.2 Å². The van der Waals surface area contributed by atoms with Gasteiger partial charge in [0.05, 0.1) is 11.4 Å². The van der Waals surface area contributed by atoms with Gasteiger partial charge < -0.3 is 20.5 Å². The minimum atomic E-state index is -1.13. The van der Waals surface area contributed by atoms with Crippen LogP contribution in [-0.2, 0) is 11.3 Å². The normalized spacial score (nSPS) is 10.8. The lowest BCUT2D eigenvalue weighted by atomic mass is 10.1. The van der Waals surface area contributed by atoms with Crippen LogP contribution >= 0.6 is 0 Å². The van der Waals surface area contributed by atoms with Crippen molar-refractivity contribution in [2.45, 2.75) is 32.9 Å². The third-order valence-electron chi connectivity index (χ3n) is 4.49. The molecule has 0 aliphatic heterocycles. The smallest absolute Gasteiger partial charge is 0.412 e. The first kappa shape index (κ1) is 24.2. The molecule has 0 aliphatic carbocycles. The monoisotopic (exact) mass is 462 g/mol. The van der Waals surface area contributed by atoms with Crippen LogP contribution < -0.4 is 16.0 Å². The molecule has 0 bridgehead atoms. The second kappa shape index (κ2) is 10.5. The summed E-state index contributed by atoms with van der Waals surface area (Å²) in [6.45, 7) is 5.38. The number of nitrogens with zero attached hydrogens (tertiary/aromatic N) is 1. The zero-order valence-electron chi connectivity index (χ0n) is 19.1. The van der Waals surface area contributed by atoms with E-state index in [1.807, 2.05) is 30.3 Å². The van der Waals surface area contributed by atoms with Gasteiger partial charge >= 0.3 is 12.2 Å². The molecule has 4 N–H and O–H groups in total. The molecule has 0 atom stereocenters. The standard InChI is InChI=1S/C25H26N4O5/c1-25(2,3)34-24(33)28-20-14-13-19(17-7-5-4-6-8-17)27-21(20)29-22(30)18-11-9-16(10-12-18)15-26-23(31)32/h4-14,26H,15H2,1-3H3,(H,28,33)(H,31,32)(H,27,29,30). The van der Waals surface area contributed by atoms with E-state index in [4.69, 9.17) is 9.84 Å². The lowest BCUT2D eigenvalue weighted by molar-refractivity contribution is 0.0635. The van der Waals surface area contributed by atoms with Gasteiger partial charge in [0, 0.05) is 17.7 Å². The van der Waals surface area contributed by atoms with Gasteiger partial charge in [-0.05, 0) is 50.6 Å². The van der Waals surface area contributed by atoms with Crippen LogP contribution in [0, 0.1) is 0 Å². The molecule has 34 heavy (non-hydrogen) atoms. The van der Waals surface area contributed by atoms with Crippen LogP contribution in [0.3, 0.4) is 0 Å². The first-order valence-corrected chi connectivity index (χ1v) is 10.5. The van der Waals surface area contributed by atoms with Crippen LogP contribution in [0.2, 0.25) is 0 Å². The Labute approximate surface area is 197 Å². The van der Waals surface area contributed by atoms with Gasteiger partial charge in [0.15, 0.2) is 5.82 Å². The maximum Gasteiger partial charge on any atom is 0.412 e. The summed E-state index contributed by atoms with van der Waals surface area (Å²) >= 11 is 0. The minimum Gasteiger partial charge on any atom is -0.465 e. The fourth-order valence-electron chi connectivity index (χ4n) is 2.97. The summed E-state index contributed by atoms with van der Waals surface area (Å²) in [6.07, 6.45) is -1.80. The Hall–Kier alpha value is -4.40. The maximum absolute atomic E-state index is 12.9. The number of rotatable bonds is 6. The second-order valence-corrected chi connectivity index (χ2v) is 8.40. The molecule has 0 saturated heterocycles. The fourth-order valence-corrected chi connectivity index (χ4v) is 2.97. The van der Waals surface area contributed by atoms with Crippen LogP contribution in [0.5, 0.6) is 0 Å². The lowest BCUT2D eigenvalue weighted by Gasteiger charge is -2.20. The fraction of sp³-hybridized carbons (Fsp3) is 0.200. The second-order valence-electron chi connectivity index (χ2n) is 8.40. The van der Waals surface area contributed by atoms with Crippen LogP contribution in [-0.4, -0.2) is 33.8 Å². The van der Waals surface area contributed by atoms with Gasteiger partial charge in [-0.15, -0.1) is 0 Å². The minimum absolute atomic E-state index is 0.127. The summed E-state index contributed by atoms with van der Waals surface area (Å²) < 4.78 is 5.32. The number of hydrogen-bond donors (Lipinski definition) is 4. The van der Waals surface area contributed by atoms with Crippen molar-refractivity contribution in [3.8, 4) is 11.3 Å². The zero-order chi connectivity index (χ0) is 24.7. The molecule has 0 spiro atoms. The number of amides is 3. The number of anilines is 2. The highest BCUT2D eigenvalue weighted by atomic mass is 16.6. The topological polar surface area (TPSA) is 130 Å². The molecule has 0 aliphatic rings. The Morgan fingerprint density at radius 2 is 1.59 bits per heavy atom. The summed E-state index contributed by atoms with van der Waals surface area (Å²) in [6, 6.07) is 19.3. The highest BCUT2D eigenvalue weighted by molar-refractivity contribution is 6.06. The molecule has 0 saturated carbocycles. The predicted octanol–water partition coefficient (Wildman–Crippen LogP) is 5.12. The van der Waals surface area contributed by atoms with E-state index in [1.165, 1.54) is 0 Å². The molecule has 0 unspecified atom stereocenters. The number of pyridine rings is 1. The number of carboxylic acid groups (broad SMARTS) is 1. The Bertz CT molecular complexity index is 1170. The van der Waals surface area contributed by atoms with Crippen molar-refractivity contribution in [1.29, 1.82) is 0 Å². The van der Waals surface area contributed by atoms with Crippen molar-refractivity contribution in [2.75, 3.05) is 10.6 Å². The Kier molecular flexibility index (Phi) is 7.47. The van der Waals surface area contributed by atoms with E-state index in [1.54, 1.807) is 57.2 Å². The summed E-state index contributed by atoms with van der Waals surface area (Å²) in [5.41, 5.74) is 2.09. The van der Waals surface area contributed by atoms with Gasteiger partial charge in [-0.1, -0.05) is 42.5 Å². The summed E-state index contributed by atoms with van der Waals surface area (Å²) in [5.74, 6) is -0.281. The molecule has 0 radical (unpaired) electrons. The SMILES string of the molecule is CC(C)(C)OC(=O)Nc1ccc(-c2ccccc2)nc1NC(=O)c1ccc(CNC(=O)O)cc1. The van der Waals surface area contributed by atoms with Crippen LogP contribution in [0.4, 0.5) is 21.1 Å². The molecule has 1 heterocycles. The maximum atomic E-state index is 12.9. The lowest BCUT2D eigenvalue weighted by Crippen LogP contribution is -2.27. The summed E-state index contributed by atoms with van der Waals surface area (Å²) in [5, 5.41) is 16.4. The number of nitrogens with one attached hydrogen (secondary N) is 3. The average molecular weight is 463 g/mol. The molecule has 2 aromatic carbocycles. The van der Waals surface area contributed by atoms with E-state index in [0.717, 1.165) is 5.56 Å². The van der Waals surface area contributed by atoms with E-state index in [0.29, 0.717) is 16.8 Å². The molecular formula is C25H26N4O5. The van der Waals surface area contributed by atoms with Gasteiger partial charge in [-0.25, -0.2) is 14.6 Å². The Balaban J connectivity index is 1.85. The largest absolute Gasteiger partial charge is 0.465 e. The average Bonchev–Trinajstić information content (AvgIpc) is 2.78. The number of carbonyl (C=O) groups excluding carboxylic acids is 2. The summed E-state index contributed by atoms with van der Waals surface area (Å²) in [7, 11) is 0. The van der Waals surface area contributed by atoms with Crippen molar-refractivity contribution in [2.24, 2.45) is 0 Å². The van der Waals surface area contributed by atoms with E-state index in [2.05, 4.69) is 20.9 Å². The Morgan fingerprint density at radius 3 is 2.21 bits per heavy atom. The van der Waals surface area contributed by atoms with Crippen LogP contribution in [0.15, 0.2) is 66.7 Å². The summed E-state index contributed by atoms with van der Waals surface area (Å²) in [4.78, 5) is 40.4. The number of ether oxygens (including phenoxy) is 1. The molecule has 3 rings (SSSR count). The molecule has 0 fully saturated rings. The first-order chi connectivity index (χ1) is 16.1. The predicted molar refractivity (Wildman–Crippen MR) is 129 cm³/mol. The number of carbonyl (C=O) groups is 3. The number of aromatic nitrogens is 1. The molecule has 3 amide bonds. The molecule has 176 valence electrons. The molecule has 1 aromatic heterocycles. The van der Waals surface area contributed by atoms with E-state index in [9.17, 15) is 14.4 Å². The van der Waals surface area contributed by atoms with Gasteiger partial charge in [0.1, 0.15) is 5.60 Å². The Morgan fingerprint density at radius 1 is 0.912 bits per heavy atom. The van der Waals surface area contributed by atoms with Crippen molar-refractivity contribution >= 4 is 29.6 Å². The van der Waals surface area contributed by atoms with Gasteiger partial charge in [0.2, 0.25) is 0 Å². The quantitative estimate of drug-likeness (QED) is 0.403. The van der Waals surface area contributed by atoms with Crippen LogP contribution in [0.25, 0.3) is 11.3 Å². The van der Waals surface area contributed by atoms with Crippen molar-refractivity contribution in [3.63, 3.8) is 0 Å². The van der Waals surface area contributed by atoms with Crippen molar-refractivity contribution in [1.82, 2.24) is 10.3 Å². The first-order valence-electron chi connectivity index (χ1n) is 10.5. The third kappa shape index (κ3) is 7.06. The zero-order valence-corrected chi connectivity index (χ0v) is 19.1. The van der Waals surface area contributed by atoms with Gasteiger partial charge in [0.25, 0.3) is 5.91 Å². The van der Waals surface area contributed by atoms with E-state index >= 15 is 0 Å². The van der Waals surface area contributed by atoms with Gasteiger partial charge in [-0.3, -0.25) is 10.1 Å². The van der Waals surface area contributed by atoms with Crippen LogP contribution in [0.1, 0.15) is 36.7 Å². The number of benzene rings is 2. The molecule has 3 aromatic rings. The van der Waals surface area contributed by atoms with Crippen molar-refractivity contribution in [3.05, 3.63) is 77.9 Å². The highest BCUT2D eigenvalue weighted by Gasteiger charge is 2.19. The molecular weight excluding hydrogens is 436 g/mol. The van der Waals surface area contributed by atoms with E-state index < -0.39 is 23.7 Å². The highest BCUT2D eigenvalue weighted by Crippen LogP contribution is 2.26.